The van der Waals surface area contributed by atoms with Crippen molar-refractivity contribution in [2.75, 3.05) is 5.73 Å². The van der Waals surface area contributed by atoms with E-state index in [1.807, 2.05) is 0 Å². The fourth-order valence-corrected chi connectivity index (χ4v) is 0.548. The standard InChI is InChI=1S/C6H7NO3.Na.H/c1-4(8)10-5-2-3-9-6(5)7;;/h2-3H,7H2,1H3;;. The molecule has 1 aromatic heterocycles. The van der Waals surface area contributed by atoms with E-state index in [1.54, 1.807) is 0 Å². The van der Waals surface area contributed by atoms with Crippen LogP contribution in [0.3, 0.4) is 0 Å². The average molecular weight is 165 g/mol. The van der Waals surface area contributed by atoms with Gasteiger partial charge in [0, 0.05) is 13.0 Å². The van der Waals surface area contributed by atoms with Gasteiger partial charge in [0.2, 0.25) is 5.88 Å². The van der Waals surface area contributed by atoms with Crippen molar-refractivity contribution in [1.29, 1.82) is 0 Å². The van der Waals surface area contributed by atoms with E-state index in [9.17, 15) is 4.79 Å². The molecule has 0 aliphatic heterocycles. The number of carbonyl (C=O) groups excluding carboxylic acids is 1. The van der Waals surface area contributed by atoms with Crippen LogP contribution in [0.15, 0.2) is 16.7 Å². The van der Waals surface area contributed by atoms with Gasteiger partial charge in [-0.1, -0.05) is 0 Å². The Bertz CT molecular complexity index is 246. The van der Waals surface area contributed by atoms with E-state index >= 15 is 0 Å². The van der Waals surface area contributed by atoms with Crippen molar-refractivity contribution in [1.82, 2.24) is 0 Å². The molecule has 1 heterocycles. The second-order valence-corrected chi connectivity index (χ2v) is 1.74. The third-order valence-electron chi connectivity index (χ3n) is 0.911. The Labute approximate surface area is 86.0 Å². The molecule has 0 aliphatic carbocycles. The first-order chi connectivity index (χ1) is 4.70. The van der Waals surface area contributed by atoms with Crippen molar-refractivity contribution in [3.05, 3.63) is 12.3 Å². The normalized spacial score (nSPS) is 8.45. The van der Waals surface area contributed by atoms with Crippen LogP contribution in [-0.4, -0.2) is 35.5 Å². The predicted molar refractivity (Wildman–Crippen MR) is 41.6 cm³/mol. The van der Waals surface area contributed by atoms with E-state index in [0.717, 1.165) is 0 Å². The molecule has 0 fully saturated rings. The zero-order valence-corrected chi connectivity index (χ0v) is 5.46. The van der Waals surface area contributed by atoms with E-state index in [2.05, 4.69) is 9.15 Å². The van der Waals surface area contributed by atoms with Gasteiger partial charge in [-0.25, -0.2) is 0 Å². The molecule has 4 nitrogen and oxygen atoms in total. The number of nitrogen functional groups attached to an aromatic ring is 1. The fourth-order valence-electron chi connectivity index (χ4n) is 0.548. The van der Waals surface area contributed by atoms with Crippen LogP contribution in [-0.2, 0) is 4.79 Å². The summed E-state index contributed by atoms with van der Waals surface area (Å²) in [5.74, 6) is -0.0178. The van der Waals surface area contributed by atoms with Crippen LogP contribution in [0.1, 0.15) is 6.92 Å². The van der Waals surface area contributed by atoms with Crippen molar-refractivity contribution in [2.45, 2.75) is 6.92 Å². The molecular formula is C6H8NNaO3. The summed E-state index contributed by atoms with van der Waals surface area (Å²) in [5, 5.41) is 0. The molecule has 0 atom stereocenters. The van der Waals surface area contributed by atoms with Crippen molar-refractivity contribution >= 4 is 41.4 Å². The van der Waals surface area contributed by atoms with Crippen molar-refractivity contribution < 1.29 is 13.9 Å². The molecule has 0 aliphatic rings. The summed E-state index contributed by atoms with van der Waals surface area (Å²) in [7, 11) is 0. The van der Waals surface area contributed by atoms with Gasteiger partial charge in [0.15, 0.2) is 5.75 Å². The van der Waals surface area contributed by atoms with Crippen molar-refractivity contribution in [3.63, 3.8) is 0 Å². The zero-order valence-electron chi connectivity index (χ0n) is 5.46. The van der Waals surface area contributed by atoms with E-state index in [4.69, 9.17) is 5.73 Å². The number of esters is 1. The van der Waals surface area contributed by atoms with Gasteiger partial charge in [-0.2, -0.15) is 0 Å². The molecule has 0 radical (unpaired) electrons. The minimum absolute atomic E-state index is 0. The molecule has 1 rings (SSSR count). The molecular weight excluding hydrogens is 157 g/mol. The molecule has 11 heavy (non-hydrogen) atoms. The van der Waals surface area contributed by atoms with Crippen LogP contribution in [0.25, 0.3) is 0 Å². The first kappa shape index (κ1) is 10.6. The molecule has 0 aromatic carbocycles. The summed E-state index contributed by atoms with van der Waals surface area (Å²) in [5.41, 5.74) is 5.24. The van der Waals surface area contributed by atoms with Crippen LogP contribution in [0, 0.1) is 0 Å². The van der Waals surface area contributed by atoms with Crippen LogP contribution >= 0.6 is 0 Å². The Balaban J connectivity index is 0.000001000. The first-order valence-electron chi connectivity index (χ1n) is 2.71. The Hall–Kier alpha value is -0.450. The molecule has 1 aromatic rings. The van der Waals surface area contributed by atoms with Gasteiger partial charge in [0.25, 0.3) is 0 Å². The monoisotopic (exact) mass is 165 g/mol. The summed E-state index contributed by atoms with van der Waals surface area (Å²) in [4.78, 5) is 10.3. The molecule has 56 valence electrons. The third kappa shape index (κ3) is 2.96. The number of carbonyl (C=O) groups is 1. The second kappa shape index (κ2) is 4.43. The van der Waals surface area contributed by atoms with E-state index in [1.165, 1.54) is 19.3 Å². The summed E-state index contributed by atoms with van der Waals surface area (Å²) >= 11 is 0. The maximum atomic E-state index is 10.3. The minimum atomic E-state index is -0.409. The maximum absolute atomic E-state index is 10.3. The Morgan fingerprint density at radius 2 is 2.36 bits per heavy atom. The van der Waals surface area contributed by atoms with Gasteiger partial charge < -0.3 is 14.9 Å². The summed E-state index contributed by atoms with van der Waals surface area (Å²) in [6, 6.07) is 1.48. The van der Waals surface area contributed by atoms with Crippen LogP contribution in [0.4, 0.5) is 5.88 Å². The number of rotatable bonds is 1. The summed E-state index contributed by atoms with van der Waals surface area (Å²) in [6.07, 6.45) is 1.35. The molecule has 0 bridgehead atoms. The molecule has 0 amide bonds. The number of hydrogen-bond donors (Lipinski definition) is 1. The van der Waals surface area contributed by atoms with Gasteiger partial charge in [0.1, 0.15) is 0 Å². The molecule has 5 heteroatoms. The van der Waals surface area contributed by atoms with E-state index in [0.29, 0.717) is 0 Å². The van der Waals surface area contributed by atoms with Gasteiger partial charge in [0.05, 0.1) is 6.26 Å². The van der Waals surface area contributed by atoms with Crippen LogP contribution < -0.4 is 10.5 Å². The molecule has 0 spiro atoms. The number of ether oxygens (including phenoxy) is 1. The first-order valence-corrected chi connectivity index (χ1v) is 2.71. The van der Waals surface area contributed by atoms with E-state index < -0.39 is 5.97 Å². The average Bonchev–Trinajstić information content (AvgIpc) is 2.15. The van der Waals surface area contributed by atoms with Crippen molar-refractivity contribution in [3.8, 4) is 5.75 Å². The van der Waals surface area contributed by atoms with Crippen molar-refractivity contribution in [2.24, 2.45) is 0 Å². The number of furan rings is 1. The van der Waals surface area contributed by atoms with Gasteiger partial charge in [-0.3, -0.25) is 4.79 Å². The topological polar surface area (TPSA) is 65.5 Å². The Morgan fingerprint density at radius 3 is 2.73 bits per heavy atom. The van der Waals surface area contributed by atoms with Crippen LogP contribution in [0.2, 0.25) is 0 Å². The molecule has 0 saturated carbocycles. The number of anilines is 1. The number of nitrogens with two attached hydrogens (primary N) is 1. The zero-order chi connectivity index (χ0) is 7.56. The Morgan fingerprint density at radius 1 is 1.73 bits per heavy atom. The van der Waals surface area contributed by atoms with E-state index in [-0.39, 0.29) is 41.2 Å². The summed E-state index contributed by atoms with van der Waals surface area (Å²) < 4.78 is 9.29. The summed E-state index contributed by atoms with van der Waals surface area (Å²) in [6.45, 7) is 1.30. The third-order valence-corrected chi connectivity index (χ3v) is 0.911. The molecule has 2 N–H and O–H groups in total. The quantitative estimate of drug-likeness (QED) is 0.474. The van der Waals surface area contributed by atoms with Crippen LogP contribution in [0.5, 0.6) is 5.75 Å². The molecule has 0 saturated heterocycles. The second-order valence-electron chi connectivity index (χ2n) is 1.74. The van der Waals surface area contributed by atoms with Gasteiger partial charge in [-0.05, 0) is 0 Å². The SMILES string of the molecule is CC(=O)Oc1ccoc1N.[NaH]. The fraction of sp³-hybridized carbons (Fsp3) is 0.167. The Kier molecular flexibility index (Phi) is 4.25. The predicted octanol–water partition coefficient (Wildman–Crippen LogP) is 0.139. The van der Waals surface area contributed by atoms with Gasteiger partial charge in [-0.15, -0.1) is 0 Å². The molecule has 0 unspecified atom stereocenters. The number of hydrogen-bond acceptors (Lipinski definition) is 4. The van der Waals surface area contributed by atoms with Gasteiger partial charge >= 0.3 is 35.5 Å².